The Labute approximate surface area is 110 Å². The number of nitrogens with two attached hydrogens (primary N) is 1. The van der Waals surface area contributed by atoms with E-state index < -0.39 is 0 Å². The molecule has 2 atom stereocenters. The lowest BCUT2D eigenvalue weighted by atomic mass is 10.0. The quantitative estimate of drug-likeness (QED) is 0.869. The largest absolute Gasteiger partial charge is 0.326 e. The van der Waals surface area contributed by atoms with Crippen molar-refractivity contribution in [3.63, 3.8) is 0 Å². The highest BCUT2D eigenvalue weighted by Crippen LogP contribution is 2.31. The van der Waals surface area contributed by atoms with Gasteiger partial charge >= 0.3 is 0 Å². The van der Waals surface area contributed by atoms with Gasteiger partial charge in [-0.25, -0.2) is 0 Å². The average Bonchev–Trinajstić information content (AvgIpc) is 2.86. The van der Waals surface area contributed by atoms with Crippen LogP contribution in [-0.4, -0.2) is 33.8 Å². The number of rotatable bonds is 5. The van der Waals surface area contributed by atoms with E-state index in [9.17, 15) is 0 Å². The van der Waals surface area contributed by atoms with Crippen LogP contribution >= 0.6 is 0 Å². The van der Waals surface area contributed by atoms with Crippen molar-refractivity contribution in [1.82, 2.24) is 14.7 Å². The van der Waals surface area contributed by atoms with Crippen molar-refractivity contribution in [2.75, 3.05) is 13.1 Å². The summed E-state index contributed by atoms with van der Waals surface area (Å²) in [5, 5.41) is 4.43. The van der Waals surface area contributed by atoms with Crippen LogP contribution in [0.5, 0.6) is 0 Å². The molecule has 1 saturated heterocycles. The van der Waals surface area contributed by atoms with Crippen molar-refractivity contribution in [3.05, 3.63) is 18.0 Å². The van der Waals surface area contributed by atoms with Gasteiger partial charge in [0.2, 0.25) is 0 Å². The molecule has 0 radical (unpaired) electrons. The van der Waals surface area contributed by atoms with Crippen molar-refractivity contribution in [2.24, 2.45) is 11.7 Å². The fraction of sp³-hybridized carbons (Fsp3) is 0.786. The van der Waals surface area contributed by atoms with Gasteiger partial charge in [-0.3, -0.25) is 9.58 Å². The summed E-state index contributed by atoms with van der Waals surface area (Å²) in [7, 11) is 0. The Hall–Kier alpha value is -0.870. The maximum Gasteiger partial charge on any atom is 0.0538 e. The molecule has 0 spiro atoms. The van der Waals surface area contributed by atoms with Gasteiger partial charge in [0.1, 0.15) is 0 Å². The third kappa shape index (κ3) is 2.93. The molecule has 2 heterocycles. The highest BCUT2D eigenvalue weighted by atomic mass is 15.3. The maximum absolute atomic E-state index is 6.28. The van der Waals surface area contributed by atoms with Gasteiger partial charge in [-0.05, 0) is 18.8 Å². The molecule has 2 rings (SSSR count). The molecule has 1 aliphatic heterocycles. The molecule has 18 heavy (non-hydrogen) atoms. The molecule has 1 aromatic rings. The van der Waals surface area contributed by atoms with E-state index in [0.717, 1.165) is 32.5 Å². The second-order valence-electron chi connectivity index (χ2n) is 5.82. The van der Waals surface area contributed by atoms with Gasteiger partial charge in [0.15, 0.2) is 0 Å². The lowest BCUT2D eigenvalue weighted by Gasteiger charge is -2.27. The average molecular weight is 250 g/mol. The van der Waals surface area contributed by atoms with Crippen molar-refractivity contribution in [3.8, 4) is 0 Å². The van der Waals surface area contributed by atoms with Crippen LogP contribution in [-0.2, 0) is 6.54 Å². The van der Waals surface area contributed by atoms with Gasteiger partial charge in [0.25, 0.3) is 0 Å². The highest BCUT2D eigenvalue weighted by molar-refractivity contribution is 5.15. The molecule has 4 nitrogen and oxygen atoms in total. The monoisotopic (exact) mass is 250 g/mol. The Morgan fingerprint density at radius 2 is 2.28 bits per heavy atom. The topological polar surface area (TPSA) is 47.1 Å². The van der Waals surface area contributed by atoms with Crippen LogP contribution in [0.25, 0.3) is 0 Å². The summed E-state index contributed by atoms with van der Waals surface area (Å²) in [4.78, 5) is 2.52. The summed E-state index contributed by atoms with van der Waals surface area (Å²) >= 11 is 0. The van der Waals surface area contributed by atoms with E-state index >= 15 is 0 Å². The van der Waals surface area contributed by atoms with Crippen LogP contribution < -0.4 is 5.73 Å². The summed E-state index contributed by atoms with van der Waals surface area (Å²) in [6, 6.07) is 0.612. The highest BCUT2D eigenvalue weighted by Gasteiger charge is 2.33. The fourth-order valence-electron chi connectivity index (χ4n) is 2.90. The summed E-state index contributed by atoms with van der Waals surface area (Å²) in [6.45, 7) is 9.93. The number of aryl methyl sites for hydroxylation is 1. The zero-order valence-electron chi connectivity index (χ0n) is 11.8. The van der Waals surface area contributed by atoms with Gasteiger partial charge in [-0.15, -0.1) is 0 Å². The third-order valence-electron chi connectivity index (χ3n) is 3.60. The molecule has 0 saturated carbocycles. The zero-order chi connectivity index (χ0) is 13.1. The number of hydrogen-bond acceptors (Lipinski definition) is 3. The van der Waals surface area contributed by atoms with Gasteiger partial charge in [0, 0.05) is 37.4 Å². The van der Waals surface area contributed by atoms with Crippen LogP contribution in [0, 0.1) is 5.92 Å². The SMILES string of the molecule is CCCn1cc(C2C(N)CCN2CC(C)C)cn1. The summed E-state index contributed by atoms with van der Waals surface area (Å²) in [5.41, 5.74) is 7.57. The van der Waals surface area contributed by atoms with E-state index in [-0.39, 0.29) is 6.04 Å². The molecule has 0 bridgehead atoms. The molecule has 0 amide bonds. The summed E-state index contributed by atoms with van der Waals surface area (Å²) in [5.74, 6) is 0.684. The minimum Gasteiger partial charge on any atom is -0.326 e. The second kappa shape index (κ2) is 5.85. The number of hydrogen-bond donors (Lipinski definition) is 1. The van der Waals surface area contributed by atoms with Crippen LogP contribution in [0.3, 0.4) is 0 Å². The first-order chi connectivity index (χ1) is 8.61. The van der Waals surface area contributed by atoms with Crippen molar-refractivity contribution >= 4 is 0 Å². The fourth-order valence-corrected chi connectivity index (χ4v) is 2.90. The van der Waals surface area contributed by atoms with Crippen LogP contribution in [0.2, 0.25) is 0 Å². The van der Waals surface area contributed by atoms with Crippen molar-refractivity contribution in [2.45, 2.75) is 52.2 Å². The molecular weight excluding hydrogens is 224 g/mol. The molecule has 4 heteroatoms. The summed E-state index contributed by atoms with van der Waals surface area (Å²) < 4.78 is 2.04. The van der Waals surface area contributed by atoms with Gasteiger partial charge < -0.3 is 5.73 Å². The zero-order valence-corrected chi connectivity index (χ0v) is 11.8. The van der Waals surface area contributed by atoms with Crippen LogP contribution in [0.15, 0.2) is 12.4 Å². The maximum atomic E-state index is 6.28. The van der Waals surface area contributed by atoms with E-state index in [1.807, 2.05) is 10.9 Å². The smallest absolute Gasteiger partial charge is 0.0538 e. The molecule has 102 valence electrons. The Bertz CT molecular complexity index is 372. The number of likely N-dealkylation sites (tertiary alicyclic amines) is 1. The molecule has 0 aliphatic carbocycles. The minimum atomic E-state index is 0.253. The lowest BCUT2D eigenvalue weighted by Crippen LogP contribution is -2.33. The molecule has 0 aromatic carbocycles. The minimum absolute atomic E-state index is 0.253. The van der Waals surface area contributed by atoms with E-state index in [2.05, 4.69) is 37.0 Å². The predicted octanol–water partition coefficient (Wildman–Crippen LogP) is 2.02. The van der Waals surface area contributed by atoms with E-state index in [1.165, 1.54) is 5.56 Å². The summed E-state index contributed by atoms with van der Waals surface area (Å²) in [6.07, 6.45) is 6.38. The first-order valence-corrected chi connectivity index (χ1v) is 7.13. The molecule has 1 fully saturated rings. The van der Waals surface area contributed by atoms with E-state index in [0.29, 0.717) is 12.0 Å². The Morgan fingerprint density at radius 3 is 2.94 bits per heavy atom. The molecule has 1 aromatic heterocycles. The third-order valence-corrected chi connectivity index (χ3v) is 3.60. The molecule has 2 unspecified atom stereocenters. The van der Waals surface area contributed by atoms with Gasteiger partial charge in [-0.1, -0.05) is 20.8 Å². The van der Waals surface area contributed by atoms with E-state index in [1.54, 1.807) is 0 Å². The molecular formula is C14H26N4. The van der Waals surface area contributed by atoms with Gasteiger partial charge in [0.05, 0.1) is 12.2 Å². The standard InChI is InChI=1S/C14H26N4/c1-4-6-18-10-12(8-16-18)14-13(15)5-7-17(14)9-11(2)3/h8,10-11,13-14H,4-7,9,15H2,1-3H3. The van der Waals surface area contributed by atoms with Crippen LogP contribution in [0.1, 0.15) is 45.2 Å². The van der Waals surface area contributed by atoms with Crippen molar-refractivity contribution in [1.29, 1.82) is 0 Å². The van der Waals surface area contributed by atoms with Crippen molar-refractivity contribution < 1.29 is 0 Å². The Morgan fingerprint density at radius 1 is 1.50 bits per heavy atom. The van der Waals surface area contributed by atoms with Crippen LogP contribution in [0.4, 0.5) is 0 Å². The van der Waals surface area contributed by atoms with E-state index in [4.69, 9.17) is 5.73 Å². The molecule has 1 aliphatic rings. The predicted molar refractivity (Wildman–Crippen MR) is 74.3 cm³/mol. The first-order valence-electron chi connectivity index (χ1n) is 7.13. The first kappa shape index (κ1) is 13.6. The second-order valence-corrected chi connectivity index (χ2v) is 5.82. The molecule has 2 N–H and O–H groups in total. The Balaban J connectivity index is 2.11. The number of nitrogens with zero attached hydrogens (tertiary/aromatic N) is 3. The normalized spacial score (nSPS) is 25.2. The van der Waals surface area contributed by atoms with Gasteiger partial charge in [-0.2, -0.15) is 5.10 Å². The Kier molecular flexibility index (Phi) is 4.40. The number of aromatic nitrogens is 2. The lowest BCUT2D eigenvalue weighted by molar-refractivity contribution is 0.221.